The molecule has 2 aliphatic heterocycles. The zero-order chi connectivity index (χ0) is 16.4. The van der Waals surface area contributed by atoms with Crippen molar-refractivity contribution in [2.45, 2.75) is 25.2 Å². The summed E-state index contributed by atoms with van der Waals surface area (Å²) in [5, 5.41) is 0. The highest BCUT2D eigenvalue weighted by atomic mass is 16.6. The Balaban J connectivity index is 2.01. The first-order chi connectivity index (χ1) is 11.1. The van der Waals surface area contributed by atoms with E-state index in [2.05, 4.69) is 6.58 Å². The van der Waals surface area contributed by atoms with E-state index in [1.165, 1.54) is 0 Å². The standard InChI is InChI=1S/C18H22N2O3/c1-4-9-18-12-20(17(21)23-5-2)10-8-16(18)19-15-7-6-13(22-3)11-14(15)18/h4,6-7,11H,1,5,8-10,12H2,2-3H3. The molecule has 0 bridgehead atoms. The number of benzene rings is 1. The van der Waals surface area contributed by atoms with Crippen LogP contribution >= 0.6 is 0 Å². The van der Waals surface area contributed by atoms with E-state index in [1.54, 1.807) is 12.0 Å². The van der Waals surface area contributed by atoms with Gasteiger partial charge in [-0.1, -0.05) is 6.08 Å². The molecule has 0 radical (unpaired) electrons. The zero-order valence-corrected chi connectivity index (χ0v) is 13.7. The van der Waals surface area contributed by atoms with Gasteiger partial charge >= 0.3 is 6.09 Å². The van der Waals surface area contributed by atoms with Gasteiger partial charge in [-0.05, 0) is 37.1 Å². The van der Waals surface area contributed by atoms with Crippen LogP contribution in [0, 0.1) is 0 Å². The first kappa shape index (κ1) is 15.6. The summed E-state index contributed by atoms with van der Waals surface area (Å²) in [5.41, 5.74) is 2.90. The second-order valence-electron chi connectivity index (χ2n) is 5.89. The summed E-state index contributed by atoms with van der Waals surface area (Å²) in [4.78, 5) is 18.8. The number of nitrogens with zero attached hydrogens (tertiary/aromatic N) is 2. The molecule has 0 saturated carbocycles. The van der Waals surface area contributed by atoms with Gasteiger partial charge in [0, 0.05) is 25.2 Å². The number of amides is 1. The summed E-state index contributed by atoms with van der Waals surface area (Å²) in [6.45, 7) is 7.33. The number of rotatable bonds is 4. The van der Waals surface area contributed by atoms with Gasteiger partial charge in [0.15, 0.2) is 0 Å². The summed E-state index contributed by atoms with van der Waals surface area (Å²) in [6.07, 6.45) is 3.14. The van der Waals surface area contributed by atoms with E-state index >= 15 is 0 Å². The quantitative estimate of drug-likeness (QED) is 0.800. The van der Waals surface area contributed by atoms with Crippen molar-refractivity contribution in [1.29, 1.82) is 0 Å². The van der Waals surface area contributed by atoms with E-state index in [0.717, 1.165) is 35.6 Å². The Bertz CT molecular complexity index is 668. The van der Waals surface area contributed by atoms with Gasteiger partial charge in [-0.25, -0.2) is 4.79 Å². The molecule has 0 spiro atoms. The molecule has 0 aliphatic carbocycles. The number of allylic oxidation sites excluding steroid dienone is 1. The number of aliphatic imine (C=N–C) groups is 1. The normalized spacial score (nSPS) is 22.0. The summed E-state index contributed by atoms with van der Waals surface area (Å²) in [5.74, 6) is 0.803. The highest BCUT2D eigenvalue weighted by Gasteiger charge is 2.47. The summed E-state index contributed by atoms with van der Waals surface area (Å²) in [6, 6.07) is 5.94. The van der Waals surface area contributed by atoms with Gasteiger partial charge in [-0.2, -0.15) is 0 Å². The first-order valence-corrected chi connectivity index (χ1v) is 7.93. The van der Waals surface area contributed by atoms with Crippen LogP contribution in [0.3, 0.4) is 0 Å². The highest BCUT2D eigenvalue weighted by molar-refractivity contribution is 6.03. The lowest BCUT2D eigenvalue weighted by Crippen LogP contribution is -2.52. The molecule has 1 amide bonds. The number of ether oxygens (including phenoxy) is 2. The number of piperidine rings is 1. The number of hydrogen-bond donors (Lipinski definition) is 0. The van der Waals surface area contributed by atoms with Crippen molar-refractivity contribution in [3.05, 3.63) is 36.4 Å². The van der Waals surface area contributed by atoms with Crippen molar-refractivity contribution >= 4 is 17.5 Å². The Hall–Kier alpha value is -2.30. The average molecular weight is 314 g/mol. The molecule has 122 valence electrons. The molecule has 1 atom stereocenters. The summed E-state index contributed by atoms with van der Waals surface area (Å²) >= 11 is 0. The van der Waals surface area contributed by atoms with E-state index < -0.39 is 0 Å². The fourth-order valence-corrected chi connectivity index (χ4v) is 3.56. The monoisotopic (exact) mass is 314 g/mol. The lowest BCUT2D eigenvalue weighted by Gasteiger charge is -2.40. The fraction of sp³-hybridized carbons (Fsp3) is 0.444. The molecule has 0 N–H and O–H groups in total. The van der Waals surface area contributed by atoms with Crippen molar-refractivity contribution in [3.8, 4) is 5.75 Å². The van der Waals surface area contributed by atoms with Crippen LogP contribution in [0.4, 0.5) is 10.5 Å². The van der Waals surface area contributed by atoms with Crippen LogP contribution in [0.25, 0.3) is 0 Å². The number of methoxy groups -OCH3 is 1. The van der Waals surface area contributed by atoms with Gasteiger partial charge in [0.2, 0.25) is 0 Å². The molecule has 1 unspecified atom stereocenters. The third-order valence-corrected chi connectivity index (χ3v) is 4.63. The van der Waals surface area contributed by atoms with E-state index in [0.29, 0.717) is 19.7 Å². The van der Waals surface area contributed by atoms with Crippen LogP contribution in [0.15, 0.2) is 35.8 Å². The minimum Gasteiger partial charge on any atom is -0.497 e. The molecule has 5 heteroatoms. The van der Waals surface area contributed by atoms with Crippen LogP contribution in [-0.2, 0) is 10.2 Å². The SMILES string of the molecule is C=CCC12CN(C(=O)OCC)CCC1=Nc1ccc(OC)cc12. The summed E-state index contributed by atoms with van der Waals surface area (Å²) in [7, 11) is 1.66. The number of likely N-dealkylation sites (tertiary alicyclic amines) is 1. The topological polar surface area (TPSA) is 51.1 Å². The Morgan fingerprint density at radius 3 is 3.04 bits per heavy atom. The third-order valence-electron chi connectivity index (χ3n) is 4.63. The Labute approximate surface area is 136 Å². The number of carbonyl (C=O) groups is 1. The van der Waals surface area contributed by atoms with Gasteiger partial charge in [0.1, 0.15) is 5.75 Å². The maximum Gasteiger partial charge on any atom is 0.409 e. The second-order valence-corrected chi connectivity index (χ2v) is 5.89. The number of fused-ring (bicyclic) bond motifs is 3. The highest BCUT2D eigenvalue weighted by Crippen LogP contribution is 2.47. The minimum atomic E-state index is -0.309. The smallest absolute Gasteiger partial charge is 0.409 e. The molecule has 0 aromatic heterocycles. The maximum absolute atomic E-state index is 12.2. The molecule has 1 saturated heterocycles. The molecule has 1 aromatic carbocycles. The lowest BCUT2D eigenvalue weighted by atomic mass is 9.71. The Morgan fingerprint density at radius 1 is 1.52 bits per heavy atom. The predicted octanol–water partition coefficient (Wildman–Crippen LogP) is 3.46. The Kier molecular flexibility index (Phi) is 4.11. The Morgan fingerprint density at radius 2 is 2.35 bits per heavy atom. The van der Waals surface area contributed by atoms with Crippen molar-refractivity contribution in [1.82, 2.24) is 4.90 Å². The van der Waals surface area contributed by atoms with E-state index in [4.69, 9.17) is 14.5 Å². The molecule has 23 heavy (non-hydrogen) atoms. The number of carbonyl (C=O) groups excluding carboxylic acids is 1. The average Bonchev–Trinajstić information content (AvgIpc) is 2.88. The predicted molar refractivity (Wildman–Crippen MR) is 89.8 cm³/mol. The van der Waals surface area contributed by atoms with Crippen LogP contribution < -0.4 is 4.74 Å². The molecular weight excluding hydrogens is 292 g/mol. The first-order valence-electron chi connectivity index (χ1n) is 7.93. The molecular formula is C18H22N2O3. The maximum atomic E-state index is 12.2. The second kappa shape index (κ2) is 6.07. The van der Waals surface area contributed by atoms with Crippen molar-refractivity contribution in [3.63, 3.8) is 0 Å². The summed E-state index contributed by atoms with van der Waals surface area (Å²) < 4.78 is 10.6. The van der Waals surface area contributed by atoms with Crippen molar-refractivity contribution < 1.29 is 14.3 Å². The van der Waals surface area contributed by atoms with Crippen LogP contribution in [0.1, 0.15) is 25.3 Å². The molecule has 1 aromatic rings. The zero-order valence-electron chi connectivity index (χ0n) is 13.7. The largest absolute Gasteiger partial charge is 0.497 e. The number of hydrogen-bond acceptors (Lipinski definition) is 4. The third kappa shape index (κ3) is 2.50. The van der Waals surface area contributed by atoms with Gasteiger partial charge in [0.25, 0.3) is 0 Å². The van der Waals surface area contributed by atoms with Crippen LogP contribution in [-0.4, -0.2) is 43.5 Å². The molecule has 5 nitrogen and oxygen atoms in total. The fourth-order valence-electron chi connectivity index (χ4n) is 3.56. The van der Waals surface area contributed by atoms with Crippen LogP contribution in [0.2, 0.25) is 0 Å². The van der Waals surface area contributed by atoms with E-state index in [-0.39, 0.29) is 11.5 Å². The van der Waals surface area contributed by atoms with E-state index in [1.807, 2.05) is 31.2 Å². The lowest BCUT2D eigenvalue weighted by molar-refractivity contribution is 0.0988. The van der Waals surface area contributed by atoms with Crippen molar-refractivity contribution in [2.75, 3.05) is 26.8 Å². The minimum absolute atomic E-state index is 0.258. The van der Waals surface area contributed by atoms with Gasteiger partial charge < -0.3 is 14.4 Å². The van der Waals surface area contributed by atoms with E-state index in [9.17, 15) is 4.79 Å². The molecule has 3 rings (SSSR count). The van der Waals surface area contributed by atoms with Crippen LogP contribution in [0.5, 0.6) is 5.75 Å². The van der Waals surface area contributed by atoms with Crippen molar-refractivity contribution in [2.24, 2.45) is 4.99 Å². The molecule has 2 heterocycles. The molecule has 1 fully saturated rings. The van der Waals surface area contributed by atoms with Gasteiger partial charge in [0.05, 0.1) is 24.8 Å². The van der Waals surface area contributed by atoms with Gasteiger partial charge in [-0.3, -0.25) is 4.99 Å². The van der Waals surface area contributed by atoms with Gasteiger partial charge in [-0.15, -0.1) is 6.58 Å². The molecule has 2 aliphatic rings.